The molecule has 0 aromatic carbocycles. The van der Waals surface area contributed by atoms with E-state index in [-0.39, 0.29) is 23.0 Å². The van der Waals surface area contributed by atoms with Gasteiger partial charge in [-0.3, -0.25) is 4.90 Å². The van der Waals surface area contributed by atoms with Crippen LogP contribution in [0.3, 0.4) is 0 Å². The molecule has 0 saturated carbocycles. The molecule has 0 atom stereocenters. The number of aryl methyl sites for hydroxylation is 1. The van der Waals surface area contributed by atoms with Crippen LogP contribution in [0.1, 0.15) is 23.5 Å². The van der Waals surface area contributed by atoms with Crippen LogP contribution in [0, 0.1) is 12.7 Å². The van der Waals surface area contributed by atoms with E-state index in [1.165, 1.54) is 12.3 Å². The smallest absolute Gasteiger partial charge is 0.410 e. The lowest BCUT2D eigenvalue weighted by atomic mass is 10.1. The highest BCUT2D eigenvalue weighted by atomic mass is 35.5. The maximum atomic E-state index is 14.0. The fraction of sp³-hybridized carbons (Fsp3) is 0.474. The average Bonchev–Trinajstić information content (AvgIpc) is 3.01. The van der Waals surface area contributed by atoms with Crippen molar-refractivity contribution in [3.8, 4) is 0 Å². The number of pyridine rings is 1. The molecule has 1 amide bonds. The second-order valence-corrected chi connectivity index (χ2v) is 8.02. The number of rotatable bonds is 3. The highest BCUT2D eigenvalue weighted by Gasteiger charge is 2.36. The van der Waals surface area contributed by atoms with Crippen LogP contribution in [0.5, 0.6) is 0 Å². The molecule has 29 heavy (non-hydrogen) atoms. The van der Waals surface area contributed by atoms with Crippen LogP contribution >= 0.6 is 11.6 Å². The second kappa shape index (κ2) is 6.98. The monoisotopic (exact) mass is 418 g/mol. The van der Waals surface area contributed by atoms with Gasteiger partial charge in [0.15, 0.2) is 11.6 Å². The van der Waals surface area contributed by atoms with Gasteiger partial charge in [-0.05, 0) is 19.4 Å². The number of carbonyl (C=O) groups excluding carboxylic acids is 1. The molecule has 2 aromatic heterocycles. The molecule has 0 spiro atoms. The molecular formula is C19H20ClFN6O2. The van der Waals surface area contributed by atoms with Crippen molar-refractivity contribution in [2.24, 2.45) is 0 Å². The van der Waals surface area contributed by atoms with Gasteiger partial charge in [0.2, 0.25) is 0 Å². The van der Waals surface area contributed by atoms with E-state index in [2.05, 4.69) is 19.9 Å². The van der Waals surface area contributed by atoms with Crippen LogP contribution in [0.4, 0.5) is 20.8 Å². The van der Waals surface area contributed by atoms with E-state index in [4.69, 9.17) is 16.3 Å². The molecule has 10 heteroatoms. The van der Waals surface area contributed by atoms with E-state index in [1.807, 2.05) is 6.92 Å². The van der Waals surface area contributed by atoms with Crippen molar-refractivity contribution in [1.82, 2.24) is 19.9 Å². The average molecular weight is 419 g/mol. The Balaban J connectivity index is 1.20. The molecule has 5 heterocycles. The van der Waals surface area contributed by atoms with E-state index < -0.39 is 5.82 Å². The minimum Gasteiger partial charge on any atom is -0.442 e. The Morgan fingerprint density at radius 3 is 2.69 bits per heavy atom. The summed E-state index contributed by atoms with van der Waals surface area (Å²) in [7, 11) is 0. The molecule has 0 unspecified atom stereocenters. The number of hydrogen-bond acceptors (Lipinski definition) is 7. The van der Waals surface area contributed by atoms with Crippen molar-refractivity contribution in [3.63, 3.8) is 0 Å². The Hall–Kier alpha value is -2.68. The molecule has 2 aromatic rings. The second-order valence-electron chi connectivity index (χ2n) is 7.59. The van der Waals surface area contributed by atoms with Gasteiger partial charge in [0.05, 0.1) is 36.9 Å². The van der Waals surface area contributed by atoms with Crippen LogP contribution < -0.4 is 9.80 Å². The molecule has 0 bridgehead atoms. The molecule has 2 saturated heterocycles. The Morgan fingerprint density at radius 2 is 2.00 bits per heavy atom. The summed E-state index contributed by atoms with van der Waals surface area (Å²) in [5.74, 6) is 1.39. The van der Waals surface area contributed by atoms with Crippen molar-refractivity contribution < 1.29 is 13.9 Å². The van der Waals surface area contributed by atoms with E-state index in [1.54, 1.807) is 9.80 Å². The molecular weight excluding hydrogens is 399 g/mol. The molecule has 152 valence electrons. The summed E-state index contributed by atoms with van der Waals surface area (Å²) in [5.41, 5.74) is 1.90. The summed E-state index contributed by atoms with van der Waals surface area (Å²) in [6.07, 6.45) is 1.87. The van der Waals surface area contributed by atoms with Gasteiger partial charge in [-0.15, -0.1) is 0 Å². The molecule has 8 nitrogen and oxygen atoms in total. The normalized spacial score (nSPS) is 18.4. The number of fused-ring (bicyclic) bond motifs is 1. The third-order valence-electron chi connectivity index (χ3n) is 5.49. The molecule has 2 fully saturated rings. The summed E-state index contributed by atoms with van der Waals surface area (Å²) in [4.78, 5) is 31.3. The van der Waals surface area contributed by atoms with Crippen molar-refractivity contribution >= 4 is 29.3 Å². The first-order valence-corrected chi connectivity index (χ1v) is 9.98. The van der Waals surface area contributed by atoms with Crippen molar-refractivity contribution in [1.29, 1.82) is 0 Å². The van der Waals surface area contributed by atoms with Crippen LogP contribution in [-0.2, 0) is 17.8 Å². The Labute approximate surface area is 172 Å². The van der Waals surface area contributed by atoms with Crippen LogP contribution in [0.2, 0.25) is 5.02 Å². The zero-order valence-electron chi connectivity index (χ0n) is 15.9. The van der Waals surface area contributed by atoms with Gasteiger partial charge >= 0.3 is 6.09 Å². The number of carbonyl (C=O) groups is 1. The highest BCUT2D eigenvalue weighted by molar-refractivity contribution is 6.30. The van der Waals surface area contributed by atoms with Gasteiger partial charge in [0.1, 0.15) is 17.7 Å². The highest BCUT2D eigenvalue weighted by Crippen LogP contribution is 2.32. The largest absolute Gasteiger partial charge is 0.442 e. The number of halogens is 2. The molecule has 3 aliphatic rings. The third kappa shape index (κ3) is 3.33. The van der Waals surface area contributed by atoms with Crippen LogP contribution in [0.25, 0.3) is 0 Å². The Bertz CT molecular complexity index is 979. The van der Waals surface area contributed by atoms with Gasteiger partial charge in [0, 0.05) is 24.8 Å². The van der Waals surface area contributed by atoms with Gasteiger partial charge in [-0.1, -0.05) is 11.6 Å². The maximum Gasteiger partial charge on any atom is 0.410 e. The minimum atomic E-state index is -0.482. The summed E-state index contributed by atoms with van der Waals surface area (Å²) < 4.78 is 19.6. The Kier molecular flexibility index (Phi) is 4.42. The summed E-state index contributed by atoms with van der Waals surface area (Å²) in [5, 5.41) is 0.249. The lowest BCUT2D eigenvalue weighted by molar-refractivity contribution is 0.0486. The predicted octanol–water partition coefficient (Wildman–Crippen LogP) is 2.52. The van der Waals surface area contributed by atoms with Gasteiger partial charge in [-0.25, -0.2) is 24.1 Å². The first-order chi connectivity index (χ1) is 14.0. The van der Waals surface area contributed by atoms with E-state index >= 15 is 0 Å². The van der Waals surface area contributed by atoms with Gasteiger partial charge in [0.25, 0.3) is 0 Å². The van der Waals surface area contributed by atoms with Crippen LogP contribution in [0.15, 0.2) is 12.3 Å². The number of amides is 1. The van der Waals surface area contributed by atoms with Gasteiger partial charge < -0.3 is 14.5 Å². The quantitative estimate of drug-likeness (QED) is 0.758. The summed E-state index contributed by atoms with van der Waals surface area (Å²) in [6, 6.07) is 1.23. The SMILES string of the molecule is Cc1nc2c(c(N3CCC3)n1)CN(C(=O)OC1CN(c3ncc(Cl)cc3F)C1)C2. The van der Waals surface area contributed by atoms with Crippen molar-refractivity contribution in [3.05, 3.63) is 40.2 Å². The van der Waals surface area contributed by atoms with E-state index in [9.17, 15) is 9.18 Å². The number of nitrogens with zero attached hydrogens (tertiary/aromatic N) is 6. The summed E-state index contributed by atoms with van der Waals surface area (Å²) in [6.45, 7) is 5.51. The Morgan fingerprint density at radius 1 is 1.21 bits per heavy atom. The lowest BCUT2D eigenvalue weighted by Gasteiger charge is -2.39. The van der Waals surface area contributed by atoms with Crippen molar-refractivity contribution in [2.45, 2.75) is 32.5 Å². The first-order valence-electron chi connectivity index (χ1n) is 9.61. The lowest BCUT2D eigenvalue weighted by Crippen LogP contribution is -2.54. The standard InChI is InChI=1S/C19H20ClFN6O2/c1-11-23-16-10-27(9-14(16)17(24-11)25-3-2-4-25)19(28)29-13-7-26(8-13)18-15(21)5-12(20)6-22-18/h5-6,13H,2-4,7-10H2,1H3. The number of aromatic nitrogens is 3. The zero-order chi connectivity index (χ0) is 20.1. The molecule has 5 rings (SSSR count). The third-order valence-corrected chi connectivity index (χ3v) is 5.70. The van der Waals surface area contributed by atoms with E-state index in [0.29, 0.717) is 32.0 Å². The maximum absolute atomic E-state index is 14.0. The molecule has 3 aliphatic heterocycles. The van der Waals surface area contributed by atoms with Crippen LogP contribution in [-0.4, -0.2) is 58.2 Å². The van der Waals surface area contributed by atoms with E-state index in [0.717, 1.165) is 36.6 Å². The fourth-order valence-electron chi connectivity index (χ4n) is 3.82. The number of anilines is 2. The minimum absolute atomic E-state index is 0.222. The molecule has 0 N–H and O–H groups in total. The summed E-state index contributed by atoms with van der Waals surface area (Å²) >= 11 is 5.74. The van der Waals surface area contributed by atoms with Gasteiger partial charge in [-0.2, -0.15) is 0 Å². The number of ether oxygens (including phenoxy) is 1. The first kappa shape index (κ1) is 18.4. The molecule has 0 radical (unpaired) electrons. The zero-order valence-corrected chi connectivity index (χ0v) is 16.7. The number of hydrogen-bond donors (Lipinski definition) is 0. The topological polar surface area (TPSA) is 74.7 Å². The molecule has 0 aliphatic carbocycles. The fourth-order valence-corrected chi connectivity index (χ4v) is 3.96. The predicted molar refractivity (Wildman–Crippen MR) is 105 cm³/mol. The van der Waals surface area contributed by atoms with Crippen molar-refractivity contribution in [2.75, 3.05) is 36.0 Å².